The van der Waals surface area contributed by atoms with E-state index in [-0.39, 0.29) is 18.6 Å². The van der Waals surface area contributed by atoms with Crippen LogP contribution in [0.15, 0.2) is 0 Å². The molecule has 1 heterocycles. The van der Waals surface area contributed by atoms with E-state index < -0.39 is 5.54 Å². The molecule has 18 heavy (non-hydrogen) atoms. The van der Waals surface area contributed by atoms with Crippen molar-refractivity contribution >= 4 is 5.91 Å². The van der Waals surface area contributed by atoms with Gasteiger partial charge in [-0.1, -0.05) is 13.8 Å². The Kier molecular flexibility index (Phi) is 6.09. The SMILES string of the molecule is CCC(CC)N(CCO)C(=O)C1(C)CCCCN1. The standard InChI is InChI=1S/C14H28N2O2/c1-4-12(5-2)16(10-11-17)13(18)14(3)8-6-7-9-15-14/h12,15,17H,4-11H2,1-3H3. The summed E-state index contributed by atoms with van der Waals surface area (Å²) in [6, 6.07) is 0.241. The maximum Gasteiger partial charge on any atom is 0.242 e. The van der Waals surface area contributed by atoms with Crippen molar-refractivity contribution in [2.75, 3.05) is 19.7 Å². The van der Waals surface area contributed by atoms with E-state index >= 15 is 0 Å². The number of amides is 1. The summed E-state index contributed by atoms with van der Waals surface area (Å²) >= 11 is 0. The zero-order valence-electron chi connectivity index (χ0n) is 12.0. The van der Waals surface area contributed by atoms with Crippen LogP contribution in [-0.2, 0) is 4.79 Å². The van der Waals surface area contributed by atoms with Crippen LogP contribution in [0.2, 0.25) is 0 Å². The second kappa shape index (κ2) is 7.10. The molecule has 1 atom stereocenters. The molecule has 0 saturated carbocycles. The third-order valence-corrected chi connectivity index (χ3v) is 4.08. The van der Waals surface area contributed by atoms with Gasteiger partial charge in [0.25, 0.3) is 0 Å². The Hall–Kier alpha value is -0.610. The lowest BCUT2D eigenvalue weighted by atomic mass is 9.88. The van der Waals surface area contributed by atoms with Crippen LogP contribution < -0.4 is 5.32 Å². The number of hydrogen-bond donors (Lipinski definition) is 2. The molecule has 1 saturated heterocycles. The molecule has 1 fully saturated rings. The quantitative estimate of drug-likeness (QED) is 0.758. The van der Waals surface area contributed by atoms with Crippen molar-refractivity contribution < 1.29 is 9.90 Å². The molecule has 0 bridgehead atoms. The molecule has 0 aromatic carbocycles. The first-order valence-electron chi connectivity index (χ1n) is 7.26. The molecule has 2 N–H and O–H groups in total. The van der Waals surface area contributed by atoms with E-state index in [0.717, 1.165) is 38.6 Å². The second-order valence-corrected chi connectivity index (χ2v) is 5.41. The van der Waals surface area contributed by atoms with Gasteiger partial charge in [0.05, 0.1) is 12.1 Å². The molecule has 4 nitrogen and oxygen atoms in total. The summed E-state index contributed by atoms with van der Waals surface area (Å²) in [6.07, 6.45) is 5.03. The number of nitrogens with one attached hydrogen (secondary N) is 1. The van der Waals surface area contributed by atoms with Crippen molar-refractivity contribution in [3.8, 4) is 0 Å². The van der Waals surface area contributed by atoms with Crippen LogP contribution in [0, 0.1) is 0 Å². The summed E-state index contributed by atoms with van der Waals surface area (Å²) in [4.78, 5) is 14.6. The fraction of sp³-hybridized carbons (Fsp3) is 0.929. The fourth-order valence-electron chi connectivity index (χ4n) is 2.84. The molecule has 0 radical (unpaired) electrons. The maximum atomic E-state index is 12.7. The zero-order valence-corrected chi connectivity index (χ0v) is 12.0. The Morgan fingerprint density at radius 1 is 1.39 bits per heavy atom. The van der Waals surface area contributed by atoms with Crippen molar-refractivity contribution in [2.24, 2.45) is 0 Å². The molecule has 1 amide bonds. The van der Waals surface area contributed by atoms with Gasteiger partial charge in [0.2, 0.25) is 5.91 Å². The fourth-order valence-corrected chi connectivity index (χ4v) is 2.84. The van der Waals surface area contributed by atoms with E-state index in [1.807, 2.05) is 11.8 Å². The van der Waals surface area contributed by atoms with Crippen LogP contribution in [0.1, 0.15) is 52.9 Å². The molecule has 0 spiro atoms. The van der Waals surface area contributed by atoms with Crippen LogP contribution in [-0.4, -0.2) is 47.2 Å². The van der Waals surface area contributed by atoms with E-state index in [1.54, 1.807) is 0 Å². The predicted molar refractivity (Wildman–Crippen MR) is 73.4 cm³/mol. The van der Waals surface area contributed by atoms with Gasteiger partial charge in [-0.2, -0.15) is 0 Å². The van der Waals surface area contributed by atoms with Crippen LogP contribution in [0.25, 0.3) is 0 Å². The molecule has 1 rings (SSSR count). The molecule has 4 heteroatoms. The summed E-state index contributed by atoms with van der Waals surface area (Å²) in [5, 5.41) is 12.6. The predicted octanol–water partition coefficient (Wildman–Crippen LogP) is 1.53. The lowest BCUT2D eigenvalue weighted by Gasteiger charge is -2.40. The summed E-state index contributed by atoms with van der Waals surface area (Å²) < 4.78 is 0. The monoisotopic (exact) mass is 256 g/mol. The molecule has 1 aliphatic heterocycles. The van der Waals surface area contributed by atoms with Crippen molar-refractivity contribution in [1.29, 1.82) is 0 Å². The van der Waals surface area contributed by atoms with Gasteiger partial charge in [0.15, 0.2) is 0 Å². The molecule has 1 aliphatic rings. The first-order valence-corrected chi connectivity index (χ1v) is 7.26. The van der Waals surface area contributed by atoms with Crippen molar-refractivity contribution in [3.05, 3.63) is 0 Å². The van der Waals surface area contributed by atoms with Gasteiger partial charge in [-0.05, 0) is 45.6 Å². The van der Waals surface area contributed by atoms with Gasteiger partial charge in [-0.15, -0.1) is 0 Å². The van der Waals surface area contributed by atoms with Gasteiger partial charge < -0.3 is 15.3 Å². The van der Waals surface area contributed by atoms with Crippen molar-refractivity contribution in [3.63, 3.8) is 0 Å². The largest absolute Gasteiger partial charge is 0.395 e. The minimum atomic E-state index is -0.435. The number of carbonyl (C=O) groups is 1. The minimum absolute atomic E-state index is 0.0400. The average Bonchev–Trinajstić information content (AvgIpc) is 2.39. The number of piperidine rings is 1. The second-order valence-electron chi connectivity index (χ2n) is 5.41. The summed E-state index contributed by atoms with van der Waals surface area (Å²) in [6.45, 7) is 7.60. The highest BCUT2D eigenvalue weighted by Crippen LogP contribution is 2.23. The van der Waals surface area contributed by atoms with Gasteiger partial charge in [0.1, 0.15) is 0 Å². The van der Waals surface area contributed by atoms with Crippen LogP contribution in [0.5, 0.6) is 0 Å². The Labute approximate surface area is 111 Å². The van der Waals surface area contributed by atoms with Crippen molar-refractivity contribution in [2.45, 2.75) is 64.5 Å². The Bertz CT molecular complexity index is 259. The van der Waals surface area contributed by atoms with E-state index in [2.05, 4.69) is 19.2 Å². The Morgan fingerprint density at radius 3 is 2.50 bits per heavy atom. The lowest BCUT2D eigenvalue weighted by Crippen LogP contribution is -2.60. The van der Waals surface area contributed by atoms with Gasteiger partial charge >= 0.3 is 0 Å². The van der Waals surface area contributed by atoms with E-state index in [1.165, 1.54) is 0 Å². The summed E-state index contributed by atoms with van der Waals surface area (Å²) in [5.74, 6) is 0.157. The molecular formula is C14H28N2O2. The third kappa shape index (κ3) is 3.45. The average molecular weight is 256 g/mol. The third-order valence-electron chi connectivity index (χ3n) is 4.08. The van der Waals surface area contributed by atoms with Crippen LogP contribution in [0.4, 0.5) is 0 Å². The number of aliphatic hydroxyl groups is 1. The van der Waals surface area contributed by atoms with Gasteiger partial charge in [0, 0.05) is 12.6 Å². The van der Waals surface area contributed by atoms with E-state index in [0.29, 0.717) is 6.54 Å². The highest BCUT2D eigenvalue weighted by Gasteiger charge is 2.38. The zero-order chi connectivity index (χ0) is 13.6. The molecule has 1 unspecified atom stereocenters. The number of hydrogen-bond acceptors (Lipinski definition) is 3. The molecule has 106 valence electrons. The topological polar surface area (TPSA) is 52.6 Å². The first-order chi connectivity index (χ1) is 8.59. The molecule has 0 aliphatic carbocycles. The number of aliphatic hydroxyl groups excluding tert-OH is 1. The Balaban J connectivity index is 2.80. The number of carbonyl (C=O) groups excluding carboxylic acids is 1. The Morgan fingerprint density at radius 2 is 2.06 bits per heavy atom. The first kappa shape index (κ1) is 15.4. The van der Waals surface area contributed by atoms with E-state index in [4.69, 9.17) is 0 Å². The smallest absolute Gasteiger partial charge is 0.242 e. The normalized spacial score (nSPS) is 24.3. The highest BCUT2D eigenvalue weighted by atomic mass is 16.3. The van der Waals surface area contributed by atoms with Gasteiger partial charge in [-0.25, -0.2) is 0 Å². The minimum Gasteiger partial charge on any atom is -0.395 e. The lowest BCUT2D eigenvalue weighted by molar-refractivity contribution is -0.142. The van der Waals surface area contributed by atoms with Gasteiger partial charge in [-0.3, -0.25) is 4.79 Å². The van der Waals surface area contributed by atoms with Crippen molar-refractivity contribution in [1.82, 2.24) is 10.2 Å². The van der Waals surface area contributed by atoms with Crippen LogP contribution >= 0.6 is 0 Å². The van der Waals surface area contributed by atoms with Crippen LogP contribution in [0.3, 0.4) is 0 Å². The molecule has 0 aromatic rings. The summed E-state index contributed by atoms with van der Waals surface area (Å²) in [5.41, 5.74) is -0.435. The highest BCUT2D eigenvalue weighted by molar-refractivity contribution is 5.86. The molecule has 0 aromatic heterocycles. The number of rotatable bonds is 6. The molecular weight excluding hydrogens is 228 g/mol. The number of nitrogens with zero attached hydrogens (tertiary/aromatic N) is 1. The maximum absolute atomic E-state index is 12.7. The summed E-state index contributed by atoms with van der Waals surface area (Å²) in [7, 11) is 0. The van der Waals surface area contributed by atoms with E-state index in [9.17, 15) is 9.90 Å².